The molecule has 12 heavy (non-hydrogen) atoms. The number of aldehydes is 1. The van der Waals surface area contributed by atoms with Crippen LogP contribution in [0, 0.1) is 0 Å². The monoisotopic (exact) mass is 190 g/mol. The third-order valence-corrected chi connectivity index (χ3v) is 1.65. The second-order valence-corrected chi connectivity index (χ2v) is 2.63. The van der Waals surface area contributed by atoms with Crippen LogP contribution in [0.4, 0.5) is 8.78 Å². The zero-order valence-corrected chi connectivity index (χ0v) is 6.68. The van der Waals surface area contributed by atoms with Crippen molar-refractivity contribution in [1.82, 2.24) is 0 Å². The van der Waals surface area contributed by atoms with Crippen LogP contribution in [-0.2, 0) is 0 Å². The second kappa shape index (κ2) is 3.63. The Hall–Kier alpha value is -0.960. The molecule has 0 aliphatic heterocycles. The van der Waals surface area contributed by atoms with E-state index in [0.717, 1.165) is 6.07 Å². The van der Waals surface area contributed by atoms with Gasteiger partial charge in [-0.25, -0.2) is 8.78 Å². The molecule has 0 aliphatic rings. The van der Waals surface area contributed by atoms with Gasteiger partial charge in [0.2, 0.25) is 0 Å². The third-order valence-electron chi connectivity index (χ3n) is 1.41. The van der Waals surface area contributed by atoms with Gasteiger partial charge in [0.05, 0.1) is 0 Å². The molecule has 0 saturated carbocycles. The van der Waals surface area contributed by atoms with Gasteiger partial charge in [-0.15, -0.1) is 0 Å². The summed E-state index contributed by atoms with van der Waals surface area (Å²) in [5.41, 5.74) is -0.341. The van der Waals surface area contributed by atoms with Gasteiger partial charge in [0.1, 0.15) is 0 Å². The van der Waals surface area contributed by atoms with Gasteiger partial charge in [0, 0.05) is 16.1 Å². The van der Waals surface area contributed by atoms with Gasteiger partial charge in [-0.1, -0.05) is 17.7 Å². The van der Waals surface area contributed by atoms with Gasteiger partial charge < -0.3 is 0 Å². The number of benzene rings is 1. The maximum Gasteiger partial charge on any atom is 0.264 e. The lowest BCUT2D eigenvalue weighted by Gasteiger charge is -2.02. The summed E-state index contributed by atoms with van der Waals surface area (Å²) < 4.78 is 24.3. The van der Waals surface area contributed by atoms with Crippen molar-refractivity contribution < 1.29 is 13.6 Å². The van der Waals surface area contributed by atoms with Crippen molar-refractivity contribution in [2.75, 3.05) is 0 Å². The van der Waals surface area contributed by atoms with Crippen molar-refractivity contribution >= 4 is 17.9 Å². The summed E-state index contributed by atoms with van der Waals surface area (Å²) in [5.74, 6) is 0. The average molecular weight is 191 g/mol. The van der Waals surface area contributed by atoms with Crippen LogP contribution in [0.5, 0.6) is 0 Å². The molecule has 64 valence electrons. The molecule has 0 fully saturated rings. The molecule has 0 spiro atoms. The molecule has 0 aliphatic carbocycles. The molecule has 0 bridgehead atoms. The summed E-state index contributed by atoms with van der Waals surface area (Å²) >= 11 is 5.50. The van der Waals surface area contributed by atoms with Crippen LogP contribution in [-0.4, -0.2) is 6.29 Å². The Morgan fingerprint density at radius 1 is 1.42 bits per heavy atom. The summed E-state index contributed by atoms with van der Waals surface area (Å²) in [6.07, 6.45) is -2.27. The summed E-state index contributed by atoms with van der Waals surface area (Å²) in [6.45, 7) is 0. The van der Waals surface area contributed by atoms with E-state index in [1.165, 1.54) is 12.1 Å². The van der Waals surface area contributed by atoms with Gasteiger partial charge >= 0.3 is 0 Å². The molecule has 0 N–H and O–H groups in total. The van der Waals surface area contributed by atoms with Crippen molar-refractivity contribution in [3.63, 3.8) is 0 Å². The van der Waals surface area contributed by atoms with Gasteiger partial charge in [-0.05, 0) is 12.1 Å². The molecule has 0 saturated heterocycles. The number of hydrogen-bond donors (Lipinski definition) is 0. The second-order valence-electron chi connectivity index (χ2n) is 2.19. The molecule has 4 heteroatoms. The molecule has 1 aromatic carbocycles. The minimum Gasteiger partial charge on any atom is -0.298 e. The van der Waals surface area contributed by atoms with Crippen LogP contribution in [0.1, 0.15) is 22.3 Å². The Morgan fingerprint density at radius 3 is 2.58 bits per heavy atom. The van der Waals surface area contributed by atoms with Gasteiger partial charge in [0.15, 0.2) is 6.29 Å². The van der Waals surface area contributed by atoms with Crippen LogP contribution in [0.2, 0.25) is 5.02 Å². The van der Waals surface area contributed by atoms with E-state index in [0.29, 0.717) is 6.29 Å². The highest BCUT2D eigenvalue weighted by molar-refractivity contribution is 6.30. The highest BCUT2D eigenvalue weighted by Crippen LogP contribution is 2.24. The highest BCUT2D eigenvalue weighted by atomic mass is 35.5. The summed E-state index contributed by atoms with van der Waals surface area (Å²) in [4.78, 5) is 10.3. The Morgan fingerprint density at radius 2 is 2.08 bits per heavy atom. The molecular weight excluding hydrogens is 186 g/mol. The number of halogens is 3. The first kappa shape index (κ1) is 9.13. The first-order valence-corrected chi connectivity index (χ1v) is 3.55. The van der Waals surface area contributed by atoms with E-state index in [9.17, 15) is 13.6 Å². The molecule has 0 aromatic heterocycles. The van der Waals surface area contributed by atoms with E-state index < -0.39 is 6.43 Å². The quantitative estimate of drug-likeness (QED) is 0.655. The van der Waals surface area contributed by atoms with Crippen LogP contribution in [0.15, 0.2) is 18.2 Å². The number of carbonyl (C=O) groups is 1. The molecule has 1 nitrogen and oxygen atoms in total. The van der Waals surface area contributed by atoms with Crippen LogP contribution >= 0.6 is 11.6 Å². The Labute approximate surface area is 73.0 Å². The summed E-state index contributed by atoms with van der Waals surface area (Å²) in [6, 6.07) is 3.70. The lowest BCUT2D eigenvalue weighted by Crippen LogP contribution is -1.92. The smallest absolute Gasteiger partial charge is 0.264 e. The van der Waals surface area contributed by atoms with E-state index in [4.69, 9.17) is 11.6 Å². The number of carbonyl (C=O) groups excluding carboxylic acids is 1. The molecule has 0 radical (unpaired) electrons. The number of rotatable bonds is 2. The predicted molar refractivity (Wildman–Crippen MR) is 41.8 cm³/mol. The Bertz CT molecular complexity index is 299. The molecule has 0 unspecified atom stereocenters. The van der Waals surface area contributed by atoms with Gasteiger partial charge in [0.25, 0.3) is 6.43 Å². The molecule has 0 atom stereocenters. The van der Waals surface area contributed by atoms with Crippen LogP contribution in [0.25, 0.3) is 0 Å². The largest absolute Gasteiger partial charge is 0.298 e. The Balaban J connectivity index is 3.20. The zero-order chi connectivity index (χ0) is 9.14. The fraction of sp³-hybridized carbons (Fsp3) is 0.125. The van der Waals surface area contributed by atoms with Gasteiger partial charge in [-0.2, -0.15) is 0 Å². The Kier molecular flexibility index (Phi) is 2.76. The predicted octanol–water partition coefficient (Wildman–Crippen LogP) is 3.09. The summed E-state index contributed by atoms with van der Waals surface area (Å²) in [5, 5.41) is 0.279. The lowest BCUT2D eigenvalue weighted by molar-refractivity contribution is 0.110. The van der Waals surface area contributed by atoms with Crippen molar-refractivity contribution in [3.05, 3.63) is 34.3 Å². The van der Waals surface area contributed by atoms with E-state index in [1.54, 1.807) is 0 Å². The maximum absolute atomic E-state index is 12.1. The van der Waals surface area contributed by atoms with E-state index in [-0.39, 0.29) is 16.1 Å². The zero-order valence-electron chi connectivity index (χ0n) is 5.93. The van der Waals surface area contributed by atoms with Crippen molar-refractivity contribution in [3.8, 4) is 0 Å². The van der Waals surface area contributed by atoms with Crippen molar-refractivity contribution in [2.24, 2.45) is 0 Å². The average Bonchev–Trinajstić information content (AvgIpc) is 2.03. The van der Waals surface area contributed by atoms with Crippen molar-refractivity contribution in [2.45, 2.75) is 6.43 Å². The van der Waals surface area contributed by atoms with E-state index in [1.807, 2.05) is 0 Å². The first-order chi connectivity index (χ1) is 5.65. The maximum atomic E-state index is 12.1. The first-order valence-electron chi connectivity index (χ1n) is 3.18. The SMILES string of the molecule is O=Cc1cc(Cl)ccc1C(F)F. The molecular formula is C8H5ClF2O. The molecule has 1 aromatic rings. The number of hydrogen-bond acceptors (Lipinski definition) is 1. The van der Waals surface area contributed by atoms with E-state index in [2.05, 4.69) is 0 Å². The highest BCUT2D eigenvalue weighted by Gasteiger charge is 2.11. The number of alkyl halides is 2. The molecule has 0 heterocycles. The molecule has 0 amide bonds. The minimum atomic E-state index is -2.64. The standard InChI is InChI=1S/C8H5ClF2O/c9-6-1-2-7(8(10)11)5(3-6)4-12/h1-4,8H. The molecule has 1 rings (SSSR count). The summed E-state index contributed by atoms with van der Waals surface area (Å²) in [7, 11) is 0. The normalized spacial score (nSPS) is 10.3. The van der Waals surface area contributed by atoms with Crippen LogP contribution < -0.4 is 0 Å². The van der Waals surface area contributed by atoms with Gasteiger partial charge in [-0.3, -0.25) is 4.79 Å². The lowest BCUT2D eigenvalue weighted by atomic mass is 10.1. The van der Waals surface area contributed by atoms with Crippen molar-refractivity contribution in [1.29, 1.82) is 0 Å². The fourth-order valence-electron chi connectivity index (χ4n) is 0.846. The third kappa shape index (κ3) is 1.80. The minimum absolute atomic E-state index is 0.0579. The van der Waals surface area contributed by atoms with Crippen LogP contribution in [0.3, 0.4) is 0 Å². The van der Waals surface area contributed by atoms with E-state index >= 15 is 0 Å². The fourth-order valence-corrected chi connectivity index (χ4v) is 1.03. The topological polar surface area (TPSA) is 17.1 Å².